The van der Waals surface area contributed by atoms with Gasteiger partial charge >= 0.3 is 6.03 Å². The average Bonchev–Trinajstić information content (AvgIpc) is 3.25. The van der Waals surface area contributed by atoms with E-state index < -0.39 is 9.84 Å². The van der Waals surface area contributed by atoms with Crippen molar-refractivity contribution in [1.29, 1.82) is 0 Å². The molecule has 0 saturated carbocycles. The quantitative estimate of drug-likeness (QED) is 0.887. The first-order valence-corrected chi connectivity index (χ1v) is 10.4. The fourth-order valence-corrected chi connectivity index (χ4v) is 5.19. The minimum atomic E-state index is -3.39. The second-order valence-electron chi connectivity index (χ2n) is 5.82. The second-order valence-corrected chi connectivity index (χ2v) is 8.89. The molecule has 1 aliphatic heterocycles. The van der Waals surface area contributed by atoms with E-state index in [-0.39, 0.29) is 17.8 Å². The van der Waals surface area contributed by atoms with Crippen LogP contribution in [0.1, 0.15) is 17.7 Å². The predicted molar refractivity (Wildman–Crippen MR) is 94.8 cm³/mol. The van der Waals surface area contributed by atoms with Crippen molar-refractivity contribution in [2.75, 3.05) is 12.3 Å². The molecule has 1 fully saturated rings. The number of likely N-dealkylation sites (tertiary alicyclic amines) is 1. The van der Waals surface area contributed by atoms with Gasteiger partial charge in [-0.05, 0) is 36.4 Å². The summed E-state index contributed by atoms with van der Waals surface area (Å²) in [6.45, 7) is 1.08. The monoisotopic (exact) mass is 364 g/mol. The maximum absolute atomic E-state index is 12.5. The molecule has 1 aromatic heterocycles. The first kappa shape index (κ1) is 17.0. The van der Waals surface area contributed by atoms with E-state index in [0.717, 1.165) is 17.7 Å². The van der Waals surface area contributed by atoms with E-state index in [9.17, 15) is 13.2 Å². The van der Waals surface area contributed by atoms with E-state index in [1.54, 1.807) is 46.6 Å². The Morgan fingerprint density at radius 1 is 1.21 bits per heavy atom. The molecule has 0 spiro atoms. The van der Waals surface area contributed by atoms with Gasteiger partial charge in [-0.2, -0.15) is 0 Å². The molecule has 2 aromatic rings. The van der Waals surface area contributed by atoms with Crippen molar-refractivity contribution >= 4 is 27.2 Å². The highest BCUT2D eigenvalue weighted by atomic mass is 32.2. The number of urea groups is 1. The zero-order chi connectivity index (χ0) is 17.0. The van der Waals surface area contributed by atoms with E-state index in [4.69, 9.17) is 0 Å². The first-order chi connectivity index (χ1) is 11.6. The summed E-state index contributed by atoms with van der Waals surface area (Å²) < 4.78 is 25.1. The molecular formula is C17H20N2O3S2. The molecule has 1 unspecified atom stereocenters. The summed E-state index contributed by atoms with van der Waals surface area (Å²) in [4.78, 5) is 15.5. The number of thiophene rings is 1. The summed E-state index contributed by atoms with van der Waals surface area (Å²) in [6, 6.07) is 11.9. The minimum Gasteiger partial charge on any atom is -0.333 e. The van der Waals surface area contributed by atoms with Gasteiger partial charge in [0, 0.05) is 17.5 Å². The molecule has 1 N–H and O–H groups in total. The number of benzene rings is 1. The maximum Gasteiger partial charge on any atom is 0.317 e. The Hall–Kier alpha value is -1.86. The van der Waals surface area contributed by atoms with E-state index in [0.29, 0.717) is 18.0 Å². The molecule has 1 aromatic carbocycles. The van der Waals surface area contributed by atoms with Crippen molar-refractivity contribution < 1.29 is 13.2 Å². The van der Waals surface area contributed by atoms with E-state index in [1.807, 2.05) is 17.5 Å². The third-order valence-electron chi connectivity index (χ3n) is 4.15. The number of hydrogen-bond donors (Lipinski definition) is 1. The Balaban J connectivity index is 1.63. The van der Waals surface area contributed by atoms with Crippen LogP contribution in [-0.2, 0) is 16.4 Å². The van der Waals surface area contributed by atoms with Gasteiger partial charge in [0.05, 0.1) is 17.2 Å². The zero-order valence-electron chi connectivity index (χ0n) is 13.2. The van der Waals surface area contributed by atoms with Crippen molar-refractivity contribution in [3.05, 3.63) is 52.7 Å². The number of hydrogen-bond acceptors (Lipinski definition) is 4. The van der Waals surface area contributed by atoms with Crippen molar-refractivity contribution in [3.8, 4) is 0 Å². The number of rotatable bonds is 5. The maximum atomic E-state index is 12.5. The largest absolute Gasteiger partial charge is 0.333 e. The van der Waals surface area contributed by atoms with Gasteiger partial charge in [-0.15, -0.1) is 11.3 Å². The van der Waals surface area contributed by atoms with Crippen LogP contribution < -0.4 is 5.32 Å². The molecule has 0 aliphatic carbocycles. The lowest BCUT2D eigenvalue weighted by molar-refractivity contribution is 0.196. The topological polar surface area (TPSA) is 66.5 Å². The Labute approximate surface area is 146 Å². The Kier molecular flexibility index (Phi) is 5.20. The fourth-order valence-electron chi connectivity index (χ4n) is 2.93. The highest BCUT2D eigenvalue weighted by Gasteiger charge is 2.32. The standard InChI is InChI=1S/C17H20N2O3S2/c20-17(18-12-15-7-5-11-23-15)19-10-4-6-14(19)13-24(21,22)16-8-2-1-3-9-16/h1-3,5,7-9,11,14H,4,6,10,12-13H2,(H,18,20). The van der Waals surface area contributed by atoms with Crippen LogP contribution in [0.4, 0.5) is 4.79 Å². The van der Waals surface area contributed by atoms with Crippen molar-refractivity contribution in [1.82, 2.24) is 10.2 Å². The van der Waals surface area contributed by atoms with Gasteiger partial charge in [-0.1, -0.05) is 24.3 Å². The van der Waals surface area contributed by atoms with Gasteiger partial charge in [-0.25, -0.2) is 13.2 Å². The summed E-state index contributed by atoms with van der Waals surface area (Å²) in [7, 11) is -3.39. The number of carbonyl (C=O) groups is 1. The molecule has 3 rings (SSSR count). The van der Waals surface area contributed by atoms with Gasteiger partial charge in [0.1, 0.15) is 0 Å². The van der Waals surface area contributed by atoms with Crippen LogP contribution >= 0.6 is 11.3 Å². The number of amides is 2. The normalized spacial score (nSPS) is 17.8. The first-order valence-electron chi connectivity index (χ1n) is 7.91. The fraction of sp³-hybridized carbons (Fsp3) is 0.353. The van der Waals surface area contributed by atoms with Gasteiger partial charge in [0.15, 0.2) is 9.84 Å². The molecule has 2 amide bonds. The molecule has 0 radical (unpaired) electrons. The molecule has 2 heterocycles. The zero-order valence-corrected chi connectivity index (χ0v) is 14.9. The Morgan fingerprint density at radius 2 is 2.00 bits per heavy atom. The van der Waals surface area contributed by atoms with E-state index in [1.165, 1.54) is 0 Å². The molecular weight excluding hydrogens is 344 g/mol. The van der Waals surface area contributed by atoms with Crippen LogP contribution in [0, 0.1) is 0 Å². The number of sulfone groups is 1. The highest BCUT2D eigenvalue weighted by molar-refractivity contribution is 7.91. The SMILES string of the molecule is O=C(NCc1cccs1)N1CCCC1CS(=O)(=O)c1ccccc1. The molecule has 0 bridgehead atoms. The van der Waals surface area contributed by atoms with Crippen molar-refractivity contribution in [3.63, 3.8) is 0 Å². The van der Waals surface area contributed by atoms with Crippen LogP contribution in [0.15, 0.2) is 52.7 Å². The van der Waals surface area contributed by atoms with E-state index in [2.05, 4.69) is 5.32 Å². The summed E-state index contributed by atoms with van der Waals surface area (Å²) in [5, 5.41) is 4.85. The van der Waals surface area contributed by atoms with Crippen LogP contribution in [0.2, 0.25) is 0 Å². The van der Waals surface area contributed by atoms with Gasteiger partial charge in [0.25, 0.3) is 0 Å². The average molecular weight is 364 g/mol. The van der Waals surface area contributed by atoms with Gasteiger partial charge in [0.2, 0.25) is 0 Å². The summed E-state index contributed by atoms with van der Waals surface area (Å²) in [5.41, 5.74) is 0. The second kappa shape index (κ2) is 7.36. The third kappa shape index (κ3) is 3.96. The molecule has 7 heteroatoms. The summed E-state index contributed by atoms with van der Waals surface area (Å²) in [6.07, 6.45) is 1.56. The van der Waals surface area contributed by atoms with Crippen LogP contribution in [-0.4, -0.2) is 37.7 Å². The molecule has 128 valence electrons. The molecule has 1 aliphatic rings. The Morgan fingerprint density at radius 3 is 2.71 bits per heavy atom. The lowest BCUT2D eigenvalue weighted by Crippen LogP contribution is -2.45. The number of nitrogens with one attached hydrogen (secondary N) is 1. The van der Waals surface area contributed by atoms with Crippen molar-refractivity contribution in [2.24, 2.45) is 0 Å². The van der Waals surface area contributed by atoms with Crippen LogP contribution in [0.25, 0.3) is 0 Å². The van der Waals surface area contributed by atoms with Gasteiger partial charge < -0.3 is 10.2 Å². The molecule has 1 atom stereocenters. The molecule has 5 nitrogen and oxygen atoms in total. The number of nitrogens with zero attached hydrogens (tertiary/aromatic N) is 1. The minimum absolute atomic E-state index is 0.0244. The lowest BCUT2D eigenvalue weighted by atomic mass is 10.2. The highest BCUT2D eigenvalue weighted by Crippen LogP contribution is 2.22. The summed E-state index contributed by atoms with van der Waals surface area (Å²) in [5.74, 6) is -0.0244. The third-order valence-corrected chi connectivity index (χ3v) is 6.84. The van der Waals surface area contributed by atoms with E-state index >= 15 is 0 Å². The molecule has 1 saturated heterocycles. The molecule has 24 heavy (non-hydrogen) atoms. The van der Waals surface area contributed by atoms with Gasteiger partial charge in [-0.3, -0.25) is 0 Å². The van der Waals surface area contributed by atoms with Crippen LogP contribution in [0.3, 0.4) is 0 Å². The van der Waals surface area contributed by atoms with Crippen LogP contribution in [0.5, 0.6) is 0 Å². The Bertz CT molecular complexity index is 773. The predicted octanol–water partition coefficient (Wildman–Crippen LogP) is 2.90. The smallest absolute Gasteiger partial charge is 0.317 e. The number of carbonyl (C=O) groups excluding carboxylic acids is 1. The van der Waals surface area contributed by atoms with Crippen molar-refractivity contribution in [2.45, 2.75) is 30.3 Å². The lowest BCUT2D eigenvalue weighted by Gasteiger charge is -2.24. The summed E-state index contributed by atoms with van der Waals surface area (Å²) >= 11 is 1.59.